The van der Waals surface area contributed by atoms with Gasteiger partial charge in [0, 0.05) is 22.8 Å². The van der Waals surface area contributed by atoms with Gasteiger partial charge in [0.15, 0.2) is 5.41 Å². The summed E-state index contributed by atoms with van der Waals surface area (Å²) in [6.45, 7) is 6.93. The Morgan fingerprint density at radius 3 is 2.25 bits per heavy atom. The molecule has 9 heteroatoms. The molecule has 0 saturated heterocycles. The van der Waals surface area contributed by atoms with Crippen LogP contribution in [0.25, 0.3) is 0 Å². The molecular weight excluding hydrogens is 450 g/mol. The summed E-state index contributed by atoms with van der Waals surface area (Å²) in [4.78, 5) is 1.18. The van der Waals surface area contributed by atoms with E-state index < -0.39 is 23.3 Å². The summed E-state index contributed by atoms with van der Waals surface area (Å²) in [5.41, 5.74) is -1.72. The summed E-state index contributed by atoms with van der Waals surface area (Å²) in [6.07, 6.45) is -9.88. The predicted octanol–water partition coefficient (Wildman–Crippen LogP) is 7.34. The molecular formula is C23H24F6N2S. The molecule has 174 valence electrons. The van der Waals surface area contributed by atoms with Crippen molar-refractivity contribution in [1.82, 2.24) is 5.32 Å². The molecule has 3 rings (SSSR count). The summed E-state index contributed by atoms with van der Waals surface area (Å²) in [7, 11) is 0. The van der Waals surface area contributed by atoms with Crippen LogP contribution in [0.2, 0.25) is 0 Å². The molecule has 2 aromatic carbocycles. The van der Waals surface area contributed by atoms with Gasteiger partial charge >= 0.3 is 12.4 Å². The number of halogens is 6. The van der Waals surface area contributed by atoms with Crippen LogP contribution < -0.4 is 10.6 Å². The van der Waals surface area contributed by atoms with Gasteiger partial charge in [-0.3, -0.25) is 0 Å². The minimum Gasteiger partial charge on any atom is -0.358 e. The van der Waals surface area contributed by atoms with Crippen LogP contribution in [0.1, 0.15) is 43.0 Å². The number of rotatable bonds is 7. The number of alkyl halides is 6. The van der Waals surface area contributed by atoms with E-state index in [1.807, 2.05) is 12.1 Å². The van der Waals surface area contributed by atoms with Crippen LogP contribution in [0.5, 0.6) is 0 Å². The lowest BCUT2D eigenvalue weighted by Gasteiger charge is -2.34. The number of anilines is 1. The Labute approximate surface area is 187 Å². The number of nitrogens with one attached hydrogen (secondary N) is 2. The van der Waals surface area contributed by atoms with Crippen molar-refractivity contribution < 1.29 is 26.3 Å². The first-order chi connectivity index (χ1) is 14.9. The number of hydrogen-bond donors (Lipinski definition) is 2. The molecule has 2 aromatic rings. The fraction of sp³-hybridized carbons (Fsp3) is 0.391. The van der Waals surface area contributed by atoms with Gasteiger partial charge in [-0.25, -0.2) is 0 Å². The average molecular weight is 475 g/mol. The van der Waals surface area contributed by atoms with Gasteiger partial charge in [-0.05, 0) is 60.1 Å². The third kappa shape index (κ3) is 4.64. The lowest BCUT2D eigenvalue weighted by Crippen LogP contribution is -2.51. The van der Waals surface area contributed by atoms with Crippen LogP contribution in [-0.2, 0) is 12.0 Å². The molecule has 2 N–H and O–H groups in total. The third-order valence-corrected chi connectivity index (χ3v) is 6.84. The zero-order valence-electron chi connectivity index (χ0n) is 17.6. The zero-order chi connectivity index (χ0) is 23.7. The molecule has 0 bridgehead atoms. The fourth-order valence-electron chi connectivity index (χ4n) is 3.59. The molecule has 0 spiro atoms. The van der Waals surface area contributed by atoms with Crippen LogP contribution in [0.4, 0.5) is 32.0 Å². The van der Waals surface area contributed by atoms with Gasteiger partial charge in [-0.15, -0.1) is 11.8 Å². The van der Waals surface area contributed by atoms with Crippen LogP contribution in [0, 0.1) is 0 Å². The second-order valence-corrected chi connectivity index (χ2v) is 9.04. The number of hydrogen-bond acceptors (Lipinski definition) is 3. The highest BCUT2D eigenvalue weighted by molar-refractivity contribution is 7.99. The van der Waals surface area contributed by atoms with E-state index in [0.717, 1.165) is 35.4 Å². The van der Waals surface area contributed by atoms with Crippen molar-refractivity contribution >= 4 is 17.4 Å². The maximum absolute atomic E-state index is 13.3. The van der Waals surface area contributed by atoms with Gasteiger partial charge in [0.1, 0.15) is 0 Å². The van der Waals surface area contributed by atoms with E-state index in [9.17, 15) is 26.3 Å². The topological polar surface area (TPSA) is 24.1 Å². The van der Waals surface area contributed by atoms with E-state index in [2.05, 4.69) is 30.2 Å². The summed E-state index contributed by atoms with van der Waals surface area (Å²) in [5.74, 6) is 1.03. The average Bonchev–Trinajstić information content (AvgIpc) is 3.14. The highest BCUT2D eigenvalue weighted by Crippen LogP contribution is 2.51. The molecule has 0 aromatic heterocycles. The van der Waals surface area contributed by atoms with Gasteiger partial charge < -0.3 is 10.6 Å². The van der Waals surface area contributed by atoms with E-state index in [4.69, 9.17) is 0 Å². The predicted molar refractivity (Wildman–Crippen MR) is 116 cm³/mol. The van der Waals surface area contributed by atoms with Crippen molar-refractivity contribution in [3.8, 4) is 0 Å². The Bertz CT molecular complexity index is 952. The van der Waals surface area contributed by atoms with Crippen molar-refractivity contribution in [1.29, 1.82) is 0 Å². The quantitative estimate of drug-likeness (QED) is 0.324. The van der Waals surface area contributed by atoms with Crippen molar-refractivity contribution in [2.75, 3.05) is 11.1 Å². The summed E-state index contributed by atoms with van der Waals surface area (Å²) in [5, 5.41) is 6.34. The smallest absolute Gasteiger partial charge is 0.358 e. The molecule has 0 radical (unpaired) electrons. The first kappa shape index (κ1) is 24.5. The van der Waals surface area contributed by atoms with Crippen LogP contribution in [0.3, 0.4) is 0 Å². The lowest BCUT2D eigenvalue weighted by molar-refractivity contribution is -0.297. The molecule has 1 aliphatic heterocycles. The monoisotopic (exact) mass is 474 g/mol. The zero-order valence-corrected chi connectivity index (χ0v) is 18.4. The molecule has 0 saturated carbocycles. The Hall–Kier alpha value is -2.13. The minimum atomic E-state index is -5.48. The van der Waals surface area contributed by atoms with Gasteiger partial charge in [-0.2, -0.15) is 26.3 Å². The van der Waals surface area contributed by atoms with Gasteiger partial charge in [0.2, 0.25) is 0 Å². The lowest BCUT2D eigenvalue weighted by atomic mass is 9.81. The van der Waals surface area contributed by atoms with Crippen molar-refractivity contribution in [3.05, 3.63) is 71.4 Å². The molecule has 2 nitrogen and oxygen atoms in total. The second-order valence-electron chi connectivity index (χ2n) is 7.87. The number of thioether (sulfide) groups is 1. The Balaban J connectivity index is 1.75. The van der Waals surface area contributed by atoms with E-state index in [1.54, 1.807) is 11.8 Å². The highest BCUT2D eigenvalue weighted by atomic mass is 32.2. The Kier molecular flexibility index (Phi) is 6.91. The first-order valence-corrected chi connectivity index (χ1v) is 11.1. The molecule has 0 fully saturated rings. The molecule has 1 atom stereocenters. The highest BCUT2D eigenvalue weighted by Gasteiger charge is 2.68. The minimum absolute atomic E-state index is 0.154. The third-order valence-electron chi connectivity index (χ3n) is 5.64. The van der Waals surface area contributed by atoms with E-state index in [-0.39, 0.29) is 13.0 Å². The molecule has 0 amide bonds. The molecule has 1 aliphatic rings. The van der Waals surface area contributed by atoms with E-state index in [1.165, 1.54) is 17.0 Å². The van der Waals surface area contributed by atoms with Crippen LogP contribution in [0.15, 0.2) is 59.6 Å². The molecule has 32 heavy (non-hydrogen) atoms. The van der Waals surface area contributed by atoms with Gasteiger partial charge in [-0.1, -0.05) is 31.7 Å². The summed E-state index contributed by atoms with van der Waals surface area (Å²) >= 11 is 1.78. The van der Waals surface area contributed by atoms with Crippen molar-refractivity contribution in [2.45, 2.75) is 55.5 Å². The normalized spacial score (nSPS) is 16.7. The maximum Gasteiger partial charge on any atom is 0.406 e. The van der Waals surface area contributed by atoms with E-state index >= 15 is 0 Å². The van der Waals surface area contributed by atoms with Gasteiger partial charge in [0.05, 0.1) is 6.04 Å². The Morgan fingerprint density at radius 1 is 1.06 bits per heavy atom. The van der Waals surface area contributed by atoms with Crippen LogP contribution in [-0.4, -0.2) is 18.1 Å². The standard InChI is InChI=1S/C23H24F6N2S/c1-4-11-32-18-9-10-19-15(12-18)13-30-20(19)14(2)31-17-7-5-16(6-8-17)21(3,22(24,25)26)23(27,28)29/h5-10,12,20,30-31H,2,4,11,13H2,1,3H3. The SMILES string of the molecule is C=C(Nc1ccc(C(C)(C(F)(F)F)C(F)(F)F)cc1)C1NCc2cc(SCCC)ccc21. The number of benzene rings is 2. The Morgan fingerprint density at radius 2 is 1.69 bits per heavy atom. The molecule has 1 heterocycles. The van der Waals surface area contributed by atoms with Crippen LogP contribution >= 0.6 is 11.8 Å². The van der Waals surface area contributed by atoms with Crippen molar-refractivity contribution in [3.63, 3.8) is 0 Å². The number of fused-ring (bicyclic) bond motifs is 1. The summed E-state index contributed by atoms with van der Waals surface area (Å²) in [6, 6.07) is 10.1. The molecule has 0 aliphatic carbocycles. The first-order valence-electron chi connectivity index (χ1n) is 10.1. The second kappa shape index (κ2) is 9.02. The largest absolute Gasteiger partial charge is 0.406 e. The van der Waals surface area contributed by atoms with Gasteiger partial charge in [0.25, 0.3) is 0 Å². The molecule has 1 unspecified atom stereocenters. The maximum atomic E-state index is 13.3. The van der Waals surface area contributed by atoms with Crippen molar-refractivity contribution in [2.24, 2.45) is 0 Å². The van der Waals surface area contributed by atoms with E-state index in [0.29, 0.717) is 17.9 Å². The summed E-state index contributed by atoms with van der Waals surface area (Å²) < 4.78 is 79.7. The fourth-order valence-corrected chi connectivity index (χ4v) is 4.42.